The van der Waals surface area contributed by atoms with Gasteiger partial charge in [0.25, 0.3) is 0 Å². The van der Waals surface area contributed by atoms with Crippen LogP contribution in [0.5, 0.6) is 0 Å². The van der Waals surface area contributed by atoms with E-state index in [1.165, 1.54) is 6.21 Å². The van der Waals surface area contributed by atoms with Crippen molar-refractivity contribution in [1.82, 2.24) is 0 Å². The summed E-state index contributed by atoms with van der Waals surface area (Å²) in [6, 6.07) is 18.4. The van der Waals surface area contributed by atoms with Crippen LogP contribution in [0, 0.1) is 0 Å². The number of para-hydroxylation sites is 1. The number of benzene rings is 2. The van der Waals surface area contributed by atoms with E-state index in [1.54, 1.807) is 0 Å². The molecule has 0 aliphatic carbocycles. The highest BCUT2D eigenvalue weighted by Crippen LogP contribution is 2.05. The number of nitrogens with one attached hydrogen (secondary N) is 1. The Hall–Kier alpha value is -2.42. The zero-order chi connectivity index (χ0) is 11.9. The van der Waals surface area contributed by atoms with Gasteiger partial charge in [-0.1, -0.05) is 48.5 Å². The average Bonchev–Trinajstić information content (AvgIpc) is 2.39. The smallest absolute Gasteiger partial charge is 0.306 e. The van der Waals surface area contributed by atoms with Crippen LogP contribution in [0.4, 0.5) is 10.5 Å². The van der Waals surface area contributed by atoms with Gasteiger partial charge in [0, 0.05) is 11.9 Å². The van der Waals surface area contributed by atoms with Crippen LogP contribution < -0.4 is 5.32 Å². The van der Waals surface area contributed by atoms with Crippen LogP contribution >= 0.6 is 0 Å². The number of rotatable bonds is 2. The predicted octanol–water partition coefficient (Wildman–Crippen LogP) is 3.34. The Kier molecular flexibility index (Phi) is 3.65. The third kappa shape index (κ3) is 3.57. The lowest BCUT2D eigenvalue weighted by atomic mass is 10.2. The van der Waals surface area contributed by atoms with Crippen LogP contribution in [-0.4, -0.2) is 12.2 Å². The van der Waals surface area contributed by atoms with Gasteiger partial charge in [0.05, 0.1) is 0 Å². The third-order valence-corrected chi connectivity index (χ3v) is 2.16. The minimum absolute atomic E-state index is 0.375. The number of hydrogen-bond donors (Lipinski definition) is 1. The molecule has 2 amide bonds. The van der Waals surface area contributed by atoms with Crippen molar-refractivity contribution in [2.24, 2.45) is 4.99 Å². The van der Waals surface area contributed by atoms with Crippen LogP contribution in [0.2, 0.25) is 0 Å². The number of anilines is 1. The van der Waals surface area contributed by atoms with Gasteiger partial charge in [-0.05, 0) is 17.7 Å². The molecule has 0 heterocycles. The zero-order valence-electron chi connectivity index (χ0n) is 9.21. The molecule has 84 valence electrons. The molecule has 0 fully saturated rings. The van der Waals surface area contributed by atoms with E-state index in [4.69, 9.17) is 0 Å². The second-order valence-corrected chi connectivity index (χ2v) is 3.47. The quantitative estimate of drug-likeness (QED) is 0.781. The number of carbonyl (C=O) groups excluding carboxylic acids is 1. The summed E-state index contributed by atoms with van der Waals surface area (Å²) in [5.74, 6) is 0. The second kappa shape index (κ2) is 5.61. The molecule has 3 nitrogen and oxygen atoms in total. The summed E-state index contributed by atoms with van der Waals surface area (Å²) < 4.78 is 0. The number of aliphatic imine (C=N–C) groups is 1. The molecule has 2 rings (SSSR count). The third-order valence-electron chi connectivity index (χ3n) is 2.16. The van der Waals surface area contributed by atoms with Gasteiger partial charge < -0.3 is 5.32 Å². The minimum atomic E-state index is -0.375. The Morgan fingerprint density at radius 3 is 2.18 bits per heavy atom. The Bertz CT molecular complexity index is 506. The first kappa shape index (κ1) is 11.1. The average molecular weight is 224 g/mol. The molecule has 0 radical (unpaired) electrons. The van der Waals surface area contributed by atoms with Crippen LogP contribution in [0.3, 0.4) is 0 Å². The standard InChI is InChI=1S/C14H12N2O/c17-14(16-13-9-5-2-6-10-13)15-11-12-7-3-1-4-8-12/h1-11H,(H,16,17). The Labute approximate surface area is 99.8 Å². The van der Waals surface area contributed by atoms with Crippen molar-refractivity contribution in [1.29, 1.82) is 0 Å². The number of amides is 2. The second-order valence-electron chi connectivity index (χ2n) is 3.47. The molecule has 0 bridgehead atoms. The molecule has 0 saturated heterocycles. The van der Waals surface area contributed by atoms with Gasteiger partial charge in [0.15, 0.2) is 0 Å². The van der Waals surface area contributed by atoms with E-state index in [0.29, 0.717) is 0 Å². The largest absolute Gasteiger partial charge is 0.345 e. The first-order valence-electron chi connectivity index (χ1n) is 5.30. The molecule has 1 N–H and O–H groups in total. The molecule has 0 saturated carbocycles. The van der Waals surface area contributed by atoms with E-state index >= 15 is 0 Å². The highest BCUT2D eigenvalue weighted by atomic mass is 16.2. The molecule has 0 spiro atoms. The Morgan fingerprint density at radius 1 is 0.941 bits per heavy atom. The van der Waals surface area contributed by atoms with Gasteiger partial charge in [0.1, 0.15) is 0 Å². The molecule has 17 heavy (non-hydrogen) atoms. The molecule has 0 unspecified atom stereocenters. The molecular formula is C14H12N2O. The first-order valence-corrected chi connectivity index (χ1v) is 5.30. The van der Waals surface area contributed by atoms with Crippen molar-refractivity contribution in [2.45, 2.75) is 0 Å². The maximum atomic E-state index is 11.5. The van der Waals surface area contributed by atoms with Gasteiger partial charge in [-0.2, -0.15) is 0 Å². The van der Waals surface area contributed by atoms with Crippen molar-refractivity contribution in [3.63, 3.8) is 0 Å². The minimum Gasteiger partial charge on any atom is -0.306 e. The van der Waals surface area contributed by atoms with E-state index < -0.39 is 0 Å². The maximum absolute atomic E-state index is 11.5. The summed E-state index contributed by atoms with van der Waals surface area (Å²) in [6.45, 7) is 0. The lowest BCUT2D eigenvalue weighted by Crippen LogP contribution is -2.06. The maximum Gasteiger partial charge on any atom is 0.345 e. The molecule has 0 aromatic heterocycles. The zero-order valence-corrected chi connectivity index (χ0v) is 9.21. The van der Waals surface area contributed by atoms with Crippen LogP contribution in [0.1, 0.15) is 5.56 Å². The van der Waals surface area contributed by atoms with E-state index in [9.17, 15) is 4.79 Å². The fourth-order valence-electron chi connectivity index (χ4n) is 1.35. The summed E-state index contributed by atoms with van der Waals surface area (Å²) in [5, 5.41) is 2.68. The first-order chi connectivity index (χ1) is 8.34. The Morgan fingerprint density at radius 2 is 1.53 bits per heavy atom. The van der Waals surface area contributed by atoms with Crippen molar-refractivity contribution in [2.75, 3.05) is 5.32 Å². The predicted molar refractivity (Wildman–Crippen MR) is 69.5 cm³/mol. The summed E-state index contributed by atoms with van der Waals surface area (Å²) in [7, 11) is 0. The summed E-state index contributed by atoms with van der Waals surface area (Å²) in [4.78, 5) is 15.3. The van der Waals surface area contributed by atoms with E-state index in [-0.39, 0.29) is 6.03 Å². The Balaban J connectivity index is 1.96. The van der Waals surface area contributed by atoms with Crippen LogP contribution in [-0.2, 0) is 0 Å². The highest BCUT2D eigenvalue weighted by Gasteiger charge is 1.96. The van der Waals surface area contributed by atoms with Gasteiger partial charge in [-0.3, -0.25) is 0 Å². The SMILES string of the molecule is O=C(N=Cc1ccccc1)Nc1ccccc1. The van der Waals surface area contributed by atoms with Gasteiger partial charge in [-0.25, -0.2) is 9.79 Å². The topological polar surface area (TPSA) is 41.5 Å². The fraction of sp³-hybridized carbons (Fsp3) is 0. The lowest BCUT2D eigenvalue weighted by molar-refractivity contribution is 0.259. The van der Waals surface area contributed by atoms with Gasteiger partial charge >= 0.3 is 6.03 Å². The lowest BCUT2D eigenvalue weighted by Gasteiger charge is -1.99. The van der Waals surface area contributed by atoms with E-state index in [0.717, 1.165) is 11.3 Å². The number of hydrogen-bond acceptors (Lipinski definition) is 1. The molecule has 3 heteroatoms. The van der Waals surface area contributed by atoms with Crippen LogP contribution in [0.25, 0.3) is 0 Å². The van der Waals surface area contributed by atoms with Crippen molar-refractivity contribution in [3.05, 3.63) is 66.2 Å². The van der Waals surface area contributed by atoms with E-state index in [2.05, 4.69) is 10.3 Å². The molecule has 0 aliphatic heterocycles. The van der Waals surface area contributed by atoms with Gasteiger partial charge in [0.2, 0.25) is 0 Å². The molecule has 2 aromatic carbocycles. The molecule has 0 aliphatic rings. The molecular weight excluding hydrogens is 212 g/mol. The summed E-state index contributed by atoms with van der Waals surface area (Å²) >= 11 is 0. The van der Waals surface area contributed by atoms with Crippen LogP contribution in [0.15, 0.2) is 65.7 Å². The number of carbonyl (C=O) groups is 1. The number of urea groups is 1. The van der Waals surface area contributed by atoms with E-state index in [1.807, 2.05) is 60.7 Å². The normalized spacial score (nSPS) is 10.4. The van der Waals surface area contributed by atoms with Gasteiger partial charge in [-0.15, -0.1) is 0 Å². The molecule has 2 aromatic rings. The highest BCUT2D eigenvalue weighted by molar-refractivity contribution is 5.97. The number of nitrogens with zero attached hydrogens (tertiary/aromatic N) is 1. The summed E-state index contributed by atoms with van der Waals surface area (Å²) in [5.41, 5.74) is 1.64. The monoisotopic (exact) mass is 224 g/mol. The summed E-state index contributed by atoms with van der Waals surface area (Å²) in [6.07, 6.45) is 1.54. The van der Waals surface area contributed by atoms with Crippen molar-refractivity contribution >= 4 is 17.9 Å². The molecule has 0 atom stereocenters. The fourth-order valence-corrected chi connectivity index (χ4v) is 1.35. The van der Waals surface area contributed by atoms with Crippen molar-refractivity contribution in [3.8, 4) is 0 Å². The van der Waals surface area contributed by atoms with Crippen molar-refractivity contribution < 1.29 is 4.79 Å².